The molecule has 150 valence electrons. The van der Waals surface area contributed by atoms with E-state index in [1.807, 2.05) is 31.2 Å². The molecule has 3 rings (SSSR count). The molecule has 4 heteroatoms. The third-order valence-corrected chi connectivity index (χ3v) is 5.13. The maximum atomic E-state index is 6.07. The Kier molecular flexibility index (Phi) is 7.94. The van der Waals surface area contributed by atoms with E-state index in [2.05, 4.69) is 47.1 Å². The lowest BCUT2D eigenvalue weighted by Gasteiger charge is -2.35. The summed E-state index contributed by atoms with van der Waals surface area (Å²) in [6.45, 7) is 11.3. The number of rotatable bonds is 10. The predicted molar refractivity (Wildman–Crippen MR) is 115 cm³/mol. The van der Waals surface area contributed by atoms with Crippen molar-refractivity contribution in [3.05, 3.63) is 72.3 Å². The number of nitrogens with zero attached hydrogens (tertiary/aromatic N) is 1. The standard InChI is InChI=1S/C24H32N2O2/c1-3-5-11-22(26-16-14-25-15-17-26)21-12-13-23(24(18-21)27-4-2)28-19-20-9-7-6-8-10-20/h3,6-10,12-13,18,22,25H,1,4-5,11,14-17,19H2,2H3/t22-/m0/s1. The Bertz CT molecular complexity index is 727. The van der Waals surface area contributed by atoms with E-state index >= 15 is 0 Å². The Morgan fingerprint density at radius 3 is 2.57 bits per heavy atom. The molecule has 1 saturated heterocycles. The summed E-state index contributed by atoms with van der Waals surface area (Å²) in [5, 5.41) is 3.44. The van der Waals surface area contributed by atoms with Crippen LogP contribution in [-0.4, -0.2) is 37.7 Å². The average Bonchev–Trinajstić information content (AvgIpc) is 2.75. The summed E-state index contributed by atoms with van der Waals surface area (Å²) in [4.78, 5) is 2.57. The number of hydrogen-bond acceptors (Lipinski definition) is 4. The van der Waals surface area contributed by atoms with Crippen LogP contribution in [0.4, 0.5) is 0 Å². The molecule has 2 aromatic carbocycles. The molecule has 0 saturated carbocycles. The third-order valence-electron chi connectivity index (χ3n) is 5.13. The second-order valence-electron chi connectivity index (χ2n) is 7.08. The molecule has 0 radical (unpaired) electrons. The van der Waals surface area contributed by atoms with Gasteiger partial charge >= 0.3 is 0 Å². The second-order valence-corrected chi connectivity index (χ2v) is 7.08. The van der Waals surface area contributed by atoms with Gasteiger partial charge in [0.2, 0.25) is 0 Å². The van der Waals surface area contributed by atoms with E-state index in [-0.39, 0.29) is 0 Å². The van der Waals surface area contributed by atoms with E-state index in [0.717, 1.165) is 56.1 Å². The minimum Gasteiger partial charge on any atom is -0.490 e. The maximum absolute atomic E-state index is 6.07. The van der Waals surface area contributed by atoms with Gasteiger partial charge in [-0.2, -0.15) is 0 Å². The number of hydrogen-bond donors (Lipinski definition) is 1. The first kappa shape index (κ1) is 20.4. The molecule has 1 heterocycles. The van der Waals surface area contributed by atoms with Gasteiger partial charge in [0.15, 0.2) is 11.5 Å². The molecular formula is C24H32N2O2. The fourth-order valence-corrected chi connectivity index (χ4v) is 3.68. The van der Waals surface area contributed by atoms with Gasteiger partial charge in [-0.3, -0.25) is 4.90 Å². The summed E-state index contributed by atoms with van der Waals surface area (Å²) < 4.78 is 12.0. The smallest absolute Gasteiger partial charge is 0.161 e. The normalized spacial score (nSPS) is 15.8. The molecule has 4 nitrogen and oxygen atoms in total. The molecule has 1 aliphatic heterocycles. The molecule has 0 spiro atoms. The van der Waals surface area contributed by atoms with E-state index in [1.165, 1.54) is 5.56 Å². The topological polar surface area (TPSA) is 33.7 Å². The summed E-state index contributed by atoms with van der Waals surface area (Å²) in [6.07, 6.45) is 4.08. The highest BCUT2D eigenvalue weighted by atomic mass is 16.5. The van der Waals surface area contributed by atoms with Gasteiger partial charge in [-0.1, -0.05) is 42.5 Å². The Labute approximate surface area is 169 Å². The third kappa shape index (κ3) is 5.60. The van der Waals surface area contributed by atoms with Crippen LogP contribution < -0.4 is 14.8 Å². The first-order valence-corrected chi connectivity index (χ1v) is 10.3. The quantitative estimate of drug-likeness (QED) is 0.612. The van der Waals surface area contributed by atoms with Crippen LogP contribution in [0.3, 0.4) is 0 Å². The first-order chi connectivity index (χ1) is 13.8. The molecule has 0 bridgehead atoms. The molecule has 0 aromatic heterocycles. The number of benzene rings is 2. The molecule has 1 N–H and O–H groups in total. The van der Waals surface area contributed by atoms with Crippen molar-refractivity contribution in [2.45, 2.75) is 32.4 Å². The number of allylic oxidation sites excluding steroid dienone is 1. The van der Waals surface area contributed by atoms with Crippen molar-refractivity contribution < 1.29 is 9.47 Å². The number of ether oxygens (including phenoxy) is 2. The molecular weight excluding hydrogens is 348 g/mol. The van der Waals surface area contributed by atoms with Gasteiger partial charge in [-0.05, 0) is 43.0 Å². The zero-order chi connectivity index (χ0) is 19.6. The minimum atomic E-state index is 0.377. The Balaban J connectivity index is 1.79. The Hall–Kier alpha value is -2.30. The van der Waals surface area contributed by atoms with Gasteiger partial charge in [0, 0.05) is 32.2 Å². The van der Waals surface area contributed by atoms with E-state index < -0.39 is 0 Å². The van der Waals surface area contributed by atoms with Crippen molar-refractivity contribution in [1.29, 1.82) is 0 Å². The molecule has 2 aromatic rings. The molecule has 1 aliphatic rings. The van der Waals surface area contributed by atoms with Gasteiger partial charge in [-0.25, -0.2) is 0 Å². The van der Waals surface area contributed by atoms with Gasteiger partial charge < -0.3 is 14.8 Å². The van der Waals surface area contributed by atoms with E-state index in [1.54, 1.807) is 0 Å². The van der Waals surface area contributed by atoms with Crippen LogP contribution in [0.15, 0.2) is 61.2 Å². The SMILES string of the molecule is C=CCC[C@@H](c1ccc(OCc2ccccc2)c(OCC)c1)N1CCNCC1. The van der Waals surface area contributed by atoms with Crippen LogP contribution in [0.5, 0.6) is 11.5 Å². The van der Waals surface area contributed by atoms with Gasteiger partial charge in [0.05, 0.1) is 6.61 Å². The van der Waals surface area contributed by atoms with Crippen molar-refractivity contribution >= 4 is 0 Å². The van der Waals surface area contributed by atoms with Crippen LogP contribution in [0.1, 0.15) is 36.9 Å². The lowest BCUT2D eigenvalue weighted by molar-refractivity contribution is 0.165. The second kappa shape index (κ2) is 10.9. The first-order valence-electron chi connectivity index (χ1n) is 10.3. The molecule has 28 heavy (non-hydrogen) atoms. The van der Waals surface area contributed by atoms with Crippen molar-refractivity contribution in [3.8, 4) is 11.5 Å². The molecule has 0 amide bonds. The maximum Gasteiger partial charge on any atom is 0.161 e. The lowest BCUT2D eigenvalue weighted by atomic mass is 9.99. The molecule has 0 aliphatic carbocycles. The van der Waals surface area contributed by atoms with E-state index in [4.69, 9.17) is 9.47 Å². The summed E-state index contributed by atoms with van der Waals surface area (Å²) >= 11 is 0. The highest BCUT2D eigenvalue weighted by molar-refractivity contribution is 5.44. The van der Waals surface area contributed by atoms with Crippen molar-refractivity contribution in [3.63, 3.8) is 0 Å². The van der Waals surface area contributed by atoms with Crippen LogP contribution in [-0.2, 0) is 6.61 Å². The van der Waals surface area contributed by atoms with Crippen LogP contribution in [0, 0.1) is 0 Å². The number of nitrogens with one attached hydrogen (secondary N) is 1. The summed E-state index contributed by atoms with van der Waals surface area (Å²) in [7, 11) is 0. The summed E-state index contributed by atoms with van der Waals surface area (Å²) in [5.41, 5.74) is 2.44. The van der Waals surface area contributed by atoms with Gasteiger partial charge in [0.25, 0.3) is 0 Å². The minimum absolute atomic E-state index is 0.377. The molecule has 1 fully saturated rings. The largest absolute Gasteiger partial charge is 0.490 e. The van der Waals surface area contributed by atoms with Gasteiger partial charge in [-0.15, -0.1) is 6.58 Å². The fraction of sp³-hybridized carbons (Fsp3) is 0.417. The zero-order valence-corrected chi connectivity index (χ0v) is 16.9. The van der Waals surface area contributed by atoms with Crippen LogP contribution >= 0.6 is 0 Å². The Morgan fingerprint density at radius 2 is 1.86 bits per heavy atom. The van der Waals surface area contributed by atoms with Crippen LogP contribution in [0.2, 0.25) is 0 Å². The lowest BCUT2D eigenvalue weighted by Crippen LogP contribution is -2.45. The summed E-state index contributed by atoms with van der Waals surface area (Å²) in [5.74, 6) is 1.63. The van der Waals surface area contributed by atoms with Crippen molar-refractivity contribution in [2.24, 2.45) is 0 Å². The van der Waals surface area contributed by atoms with Crippen molar-refractivity contribution in [1.82, 2.24) is 10.2 Å². The van der Waals surface area contributed by atoms with Crippen molar-refractivity contribution in [2.75, 3.05) is 32.8 Å². The molecule has 0 unspecified atom stereocenters. The highest BCUT2D eigenvalue weighted by Crippen LogP contribution is 2.35. The molecule has 1 atom stereocenters. The van der Waals surface area contributed by atoms with E-state index in [9.17, 15) is 0 Å². The predicted octanol–water partition coefficient (Wildman–Crippen LogP) is 4.58. The Morgan fingerprint density at radius 1 is 1.07 bits per heavy atom. The van der Waals surface area contributed by atoms with Gasteiger partial charge in [0.1, 0.15) is 6.61 Å². The monoisotopic (exact) mass is 380 g/mol. The number of piperazine rings is 1. The summed E-state index contributed by atoms with van der Waals surface area (Å²) in [6, 6.07) is 17.0. The van der Waals surface area contributed by atoms with Crippen LogP contribution in [0.25, 0.3) is 0 Å². The fourth-order valence-electron chi connectivity index (χ4n) is 3.68. The van der Waals surface area contributed by atoms with E-state index in [0.29, 0.717) is 19.3 Å². The zero-order valence-electron chi connectivity index (χ0n) is 16.9. The average molecular weight is 381 g/mol. The highest BCUT2D eigenvalue weighted by Gasteiger charge is 2.23.